The Morgan fingerprint density at radius 3 is 2.41 bits per heavy atom. The van der Waals surface area contributed by atoms with Crippen molar-refractivity contribution in [2.45, 2.75) is 11.1 Å². The molecule has 2 amide bonds. The number of hydrogen-bond acceptors (Lipinski definition) is 5. The van der Waals surface area contributed by atoms with Crippen LogP contribution in [-0.2, 0) is 21.0 Å². The van der Waals surface area contributed by atoms with Crippen LogP contribution in [0.2, 0.25) is 0 Å². The highest BCUT2D eigenvalue weighted by Gasteiger charge is 2.31. The Hall–Kier alpha value is -2.99. The molecule has 0 atom stereocenters. The zero-order valence-electron chi connectivity index (χ0n) is 14.9. The maximum Gasteiger partial charge on any atom is 0.416 e. The lowest BCUT2D eigenvalue weighted by atomic mass is 10.2. The summed E-state index contributed by atoms with van der Waals surface area (Å²) in [6.45, 7) is -0.564. The fraction of sp³-hybridized carbons (Fsp3) is 0.235. The minimum Gasteiger partial charge on any atom is -0.353 e. The first-order chi connectivity index (χ1) is 13.6. The first-order valence-electron chi connectivity index (χ1n) is 8.21. The molecule has 0 aliphatic rings. The second-order valence-corrected chi connectivity index (χ2v) is 7.46. The van der Waals surface area contributed by atoms with Crippen molar-refractivity contribution in [1.29, 1.82) is 0 Å². The Bertz CT molecular complexity index is 966. The molecular weight excluding hydrogens is 413 g/mol. The minimum absolute atomic E-state index is 0.0239. The predicted octanol–water partition coefficient (Wildman–Crippen LogP) is 0.925. The fourth-order valence-corrected chi connectivity index (χ4v) is 3.15. The summed E-state index contributed by atoms with van der Waals surface area (Å²) in [5, 5.41) is 4.91. The van der Waals surface area contributed by atoms with Gasteiger partial charge in [-0.05, 0) is 30.3 Å². The lowest BCUT2D eigenvalue weighted by molar-refractivity contribution is -0.137. The Morgan fingerprint density at radius 1 is 1.03 bits per heavy atom. The third-order valence-electron chi connectivity index (χ3n) is 3.55. The number of hydrogen-bond donors (Lipinski definition) is 3. The van der Waals surface area contributed by atoms with Crippen molar-refractivity contribution >= 4 is 21.8 Å². The van der Waals surface area contributed by atoms with Gasteiger partial charge in [0.2, 0.25) is 15.9 Å². The van der Waals surface area contributed by atoms with Crippen LogP contribution in [0.3, 0.4) is 0 Å². The van der Waals surface area contributed by atoms with E-state index in [1.165, 1.54) is 12.4 Å². The molecule has 0 radical (unpaired) electrons. The van der Waals surface area contributed by atoms with Crippen LogP contribution in [0, 0.1) is 0 Å². The van der Waals surface area contributed by atoms with E-state index in [4.69, 9.17) is 0 Å². The van der Waals surface area contributed by atoms with E-state index < -0.39 is 45.0 Å². The van der Waals surface area contributed by atoms with E-state index in [2.05, 4.69) is 15.6 Å². The van der Waals surface area contributed by atoms with Gasteiger partial charge in [-0.25, -0.2) is 13.1 Å². The number of benzene rings is 1. The highest BCUT2D eigenvalue weighted by molar-refractivity contribution is 7.89. The summed E-state index contributed by atoms with van der Waals surface area (Å²) in [6, 6.07) is 6.32. The van der Waals surface area contributed by atoms with Crippen LogP contribution < -0.4 is 15.4 Å². The molecule has 1 aromatic heterocycles. The predicted molar refractivity (Wildman–Crippen MR) is 96.2 cm³/mol. The molecule has 3 N–H and O–H groups in total. The van der Waals surface area contributed by atoms with E-state index in [-0.39, 0.29) is 13.1 Å². The number of sulfonamides is 1. The van der Waals surface area contributed by atoms with E-state index in [1.807, 2.05) is 4.72 Å². The quantitative estimate of drug-likeness (QED) is 0.539. The van der Waals surface area contributed by atoms with Crippen molar-refractivity contribution < 1.29 is 31.2 Å². The second kappa shape index (κ2) is 9.47. The molecule has 0 aliphatic carbocycles. The van der Waals surface area contributed by atoms with E-state index in [9.17, 15) is 31.2 Å². The van der Waals surface area contributed by atoms with Crippen LogP contribution in [0.25, 0.3) is 0 Å². The molecule has 8 nitrogen and oxygen atoms in total. The topological polar surface area (TPSA) is 117 Å². The molecule has 29 heavy (non-hydrogen) atoms. The molecule has 2 rings (SSSR count). The molecule has 0 fully saturated rings. The number of pyridine rings is 1. The molecule has 0 saturated carbocycles. The number of halogens is 3. The Labute approximate surface area is 164 Å². The summed E-state index contributed by atoms with van der Waals surface area (Å²) in [4.78, 5) is 26.7. The van der Waals surface area contributed by atoms with Gasteiger partial charge < -0.3 is 10.6 Å². The largest absolute Gasteiger partial charge is 0.416 e. The highest BCUT2D eigenvalue weighted by atomic mass is 32.2. The lowest BCUT2D eigenvalue weighted by Crippen LogP contribution is -2.40. The molecule has 0 unspecified atom stereocenters. The normalized spacial score (nSPS) is 11.7. The van der Waals surface area contributed by atoms with Crippen LogP contribution in [0.1, 0.15) is 15.9 Å². The third-order valence-corrected chi connectivity index (χ3v) is 4.95. The van der Waals surface area contributed by atoms with Crippen molar-refractivity contribution in [3.63, 3.8) is 0 Å². The van der Waals surface area contributed by atoms with Gasteiger partial charge in [-0.1, -0.05) is 6.07 Å². The number of carbonyl (C=O) groups excluding carboxylic acids is 2. The van der Waals surface area contributed by atoms with Crippen molar-refractivity contribution in [2.75, 3.05) is 19.6 Å². The maximum absolute atomic E-state index is 12.7. The first kappa shape index (κ1) is 22.3. The molecule has 12 heteroatoms. The van der Waals surface area contributed by atoms with Gasteiger partial charge in [0.25, 0.3) is 5.91 Å². The molecular formula is C17H17F3N4O4S. The van der Waals surface area contributed by atoms with E-state index in [0.717, 1.165) is 18.2 Å². The number of alkyl halides is 3. The van der Waals surface area contributed by atoms with Gasteiger partial charge in [-0.15, -0.1) is 0 Å². The van der Waals surface area contributed by atoms with E-state index in [0.29, 0.717) is 11.6 Å². The van der Waals surface area contributed by atoms with Crippen molar-refractivity contribution in [2.24, 2.45) is 0 Å². The number of aromatic nitrogens is 1. The van der Waals surface area contributed by atoms with Crippen LogP contribution in [0.4, 0.5) is 13.2 Å². The fourth-order valence-electron chi connectivity index (χ4n) is 2.12. The number of carbonyl (C=O) groups is 2. The molecule has 2 aromatic rings. The standard InChI is InChI=1S/C17H17F3N4O4S/c18-17(19,20)13-4-1-5-14(9-13)29(27,28)24-11-15(25)22-7-8-23-16(26)12-3-2-6-21-10-12/h1-6,9-10,24H,7-8,11H2,(H,22,25)(H,23,26). The summed E-state index contributed by atoms with van der Waals surface area (Å²) in [5.74, 6) is -1.10. The molecule has 156 valence electrons. The lowest BCUT2D eigenvalue weighted by Gasteiger charge is -2.11. The van der Waals surface area contributed by atoms with Gasteiger partial charge >= 0.3 is 6.18 Å². The van der Waals surface area contributed by atoms with Crippen LogP contribution in [0.5, 0.6) is 0 Å². The van der Waals surface area contributed by atoms with Crippen LogP contribution >= 0.6 is 0 Å². The molecule has 0 bridgehead atoms. The molecule has 1 aromatic carbocycles. The van der Waals surface area contributed by atoms with Gasteiger partial charge in [-0.2, -0.15) is 13.2 Å². The molecule has 0 spiro atoms. The smallest absolute Gasteiger partial charge is 0.353 e. The summed E-state index contributed by atoms with van der Waals surface area (Å²) < 4.78 is 64.2. The zero-order valence-corrected chi connectivity index (χ0v) is 15.7. The van der Waals surface area contributed by atoms with Crippen LogP contribution in [-0.4, -0.2) is 44.9 Å². The molecule has 0 saturated heterocycles. The number of nitrogens with zero attached hydrogens (tertiary/aromatic N) is 1. The SMILES string of the molecule is O=C(CNS(=O)(=O)c1cccc(C(F)(F)F)c1)NCCNC(=O)c1cccnc1. The Balaban J connectivity index is 1.79. The van der Waals surface area contributed by atoms with Gasteiger partial charge in [0, 0.05) is 25.5 Å². The number of amides is 2. The molecule has 0 aliphatic heterocycles. The minimum atomic E-state index is -4.69. The first-order valence-corrected chi connectivity index (χ1v) is 9.70. The van der Waals surface area contributed by atoms with Gasteiger partial charge in [-0.3, -0.25) is 14.6 Å². The van der Waals surface area contributed by atoms with Crippen molar-refractivity contribution in [3.05, 3.63) is 59.9 Å². The van der Waals surface area contributed by atoms with Gasteiger partial charge in [0.1, 0.15) is 0 Å². The summed E-state index contributed by atoms with van der Waals surface area (Å²) >= 11 is 0. The van der Waals surface area contributed by atoms with Crippen molar-refractivity contribution in [1.82, 2.24) is 20.3 Å². The van der Waals surface area contributed by atoms with Gasteiger partial charge in [0.05, 0.1) is 22.6 Å². The maximum atomic E-state index is 12.7. The summed E-state index contributed by atoms with van der Waals surface area (Å²) in [5.41, 5.74) is -0.776. The number of nitrogens with one attached hydrogen (secondary N) is 3. The monoisotopic (exact) mass is 430 g/mol. The summed E-state index contributed by atoms with van der Waals surface area (Å²) in [7, 11) is -4.31. The van der Waals surface area contributed by atoms with E-state index >= 15 is 0 Å². The Kier molecular flexibility index (Phi) is 7.29. The summed E-state index contributed by atoms with van der Waals surface area (Å²) in [6.07, 6.45) is -1.81. The van der Waals surface area contributed by atoms with Gasteiger partial charge in [0.15, 0.2) is 0 Å². The second-order valence-electron chi connectivity index (χ2n) is 5.70. The van der Waals surface area contributed by atoms with E-state index in [1.54, 1.807) is 12.1 Å². The highest BCUT2D eigenvalue weighted by Crippen LogP contribution is 2.30. The zero-order chi connectivity index (χ0) is 21.5. The average molecular weight is 430 g/mol. The number of rotatable bonds is 8. The van der Waals surface area contributed by atoms with Crippen LogP contribution in [0.15, 0.2) is 53.7 Å². The van der Waals surface area contributed by atoms with Crippen molar-refractivity contribution in [3.8, 4) is 0 Å². The Morgan fingerprint density at radius 2 is 1.76 bits per heavy atom. The molecule has 1 heterocycles. The average Bonchev–Trinajstić information content (AvgIpc) is 2.69. The third kappa shape index (κ3) is 6.84.